The number of nitrogens with zero attached hydrogens (tertiary/aromatic N) is 5. The van der Waals surface area contributed by atoms with Crippen LogP contribution in [-0.2, 0) is 6.42 Å². The molecule has 0 radical (unpaired) electrons. The topological polar surface area (TPSA) is 48.5 Å². The molecule has 3 heterocycles. The molecule has 0 saturated carbocycles. The second-order valence-corrected chi connectivity index (χ2v) is 20.7. The summed E-state index contributed by atoms with van der Waals surface area (Å²) in [7, 11) is 0. The molecule has 364 valence electrons. The first-order chi connectivity index (χ1) is 38.7. The van der Waals surface area contributed by atoms with Crippen molar-refractivity contribution in [2.75, 3.05) is 0 Å². The van der Waals surface area contributed by atoms with Gasteiger partial charge in [0, 0.05) is 55.8 Å². The number of para-hydroxylation sites is 1. The van der Waals surface area contributed by atoms with E-state index in [0.29, 0.717) is 17.5 Å². The number of allylic oxidation sites excluding steroid dienone is 1. The van der Waals surface area contributed by atoms with Crippen LogP contribution in [0.25, 0.3) is 140 Å². The van der Waals surface area contributed by atoms with Crippen LogP contribution in [0.1, 0.15) is 22.7 Å². The van der Waals surface area contributed by atoms with E-state index in [1.165, 1.54) is 99.4 Å². The number of aromatic nitrogens is 5. The zero-order valence-corrected chi connectivity index (χ0v) is 42.4. The van der Waals surface area contributed by atoms with E-state index < -0.39 is 0 Å². The highest BCUT2D eigenvalue weighted by molar-refractivity contribution is 6.29. The van der Waals surface area contributed by atoms with Gasteiger partial charge in [-0.15, -0.1) is 0 Å². The van der Waals surface area contributed by atoms with E-state index in [-0.39, 0.29) is 5.92 Å². The minimum atomic E-state index is 0.184. The SMILES string of the molecule is C1=CC(c2ccc3c(c2)c2c4cccc5c4c(cc2n3-c2cccc(-c3cccc(-c4nc(-c6ccccc6)nc(-c6ccccc6)n4)c3)c2)-c2ccccc2-5)Cc2c1n(-c1cccc(-c3ccccc3)c1)c1ccccc21. The Labute approximate surface area is 451 Å². The standard InChI is InChI=1S/C73H47N5/c1-4-18-46(19-5-1)50-25-15-28-55(41-50)77-65-35-13-12-32-59(65)62-43-52(36-38-66(62)77)53-37-39-67-64(44-53)70-61-34-17-33-60-57-30-10-11-31-58(57)63(69(60)61)45-68(70)78(67)56-29-16-26-51(42-56)49-24-14-27-54(40-49)73-75-71(47-20-6-2-7-21-47)74-72(76-73)48-22-8-3-9-23-48/h1-42,44-45,52H,43H2. The van der Waals surface area contributed by atoms with E-state index >= 15 is 0 Å². The molecule has 14 aromatic rings. The Morgan fingerprint density at radius 3 is 1.55 bits per heavy atom. The van der Waals surface area contributed by atoms with Gasteiger partial charge < -0.3 is 9.13 Å². The van der Waals surface area contributed by atoms with Crippen LogP contribution >= 0.6 is 0 Å². The number of benzene rings is 11. The first-order valence-electron chi connectivity index (χ1n) is 26.8. The highest BCUT2D eigenvalue weighted by atomic mass is 15.0. The van der Waals surface area contributed by atoms with Crippen LogP contribution < -0.4 is 0 Å². The largest absolute Gasteiger partial charge is 0.310 e. The van der Waals surface area contributed by atoms with Gasteiger partial charge >= 0.3 is 0 Å². The Hall–Kier alpha value is -10.2. The maximum Gasteiger partial charge on any atom is 0.164 e. The number of rotatable bonds is 8. The second kappa shape index (κ2) is 17.7. The van der Waals surface area contributed by atoms with E-state index in [9.17, 15) is 0 Å². The molecule has 2 aliphatic carbocycles. The van der Waals surface area contributed by atoms with Crippen molar-refractivity contribution in [3.05, 3.63) is 278 Å². The molecule has 2 aliphatic rings. The summed E-state index contributed by atoms with van der Waals surface area (Å²) < 4.78 is 4.96. The van der Waals surface area contributed by atoms with Crippen LogP contribution in [0, 0.1) is 0 Å². The molecule has 3 aromatic heterocycles. The normalized spacial score (nSPS) is 13.4. The zero-order chi connectivity index (χ0) is 51.3. The third kappa shape index (κ3) is 7.05. The Morgan fingerprint density at radius 2 is 0.833 bits per heavy atom. The van der Waals surface area contributed by atoms with Gasteiger partial charge in [0.05, 0.1) is 16.6 Å². The van der Waals surface area contributed by atoms with Crippen LogP contribution in [-0.4, -0.2) is 24.1 Å². The van der Waals surface area contributed by atoms with Gasteiger partial charge in [0.2, 0.25) is 0 Å². The summed E-state index contributed by atoms with van der Waals surface area (Å²) >= 11 is 0. The van der Waals surface area contributed by atoms with Gasteiger partial charge in [-0.3, -0.25) is 0 Å². The lowest BCUT2D eigenvalue weighted by atomic mass is 9.86. The van der Waals surface area contributed by atoms with Gasteiger partial charge in [-0.2, -0.15) is 0 Å². The minimum Gasteiger partial charge on any atom is -0.310 e. The highest BCUT2D eigenvalue weighted by Gasteiger charge is 2.28. The molecule has 0 bridgehead atoms. The Bertz CT molecular complexity index is 4700. The zero-order valence-electron chi connectivity index (χ0n) is 42.4. The summed E-state index contributed by atoms with van der Waals surface area (Å²) in [5, 5.41) is 6.46. The smallest absolute Gasteiger partial charge is 0.164 e. The van der Waals surface area contributed by atoms with Crippen molar-refractivity contribution >= 4 is 49.6 Å². The lowest BCUT2D eigenvalue weighted by molar-refractivity contribution is 0.826. The summed E-state index contributed by atoms with van der Waals surface area (Å²) in [6.07, 6.45) is 5.72. The van der Waals surface area contributed by atoms with Crippen LogP contribution in [0.4, 0.5) is 0 Å². The fourth-order valence-corrected chi connectivity index (χ4v) is 12.7. The van der Waals surface area contributed by atoms with Crippen molar-refractivity contribution in [3.63, 3.8) is 0 Å². The molecule has 78 heavy (non-hydrogen) atoms. The first kappa shape index (κ1) is 44.1. The van der Waals surface area contributed by atoms with E-state index in [1.807, 2.05) is 36.4 Å². The summed E-state index contributed by atoms with van der Waals surface area (Å²) in [4.78, 5) is 15.1. The molecule has 11 aromatic carbocycles. The predicted octanol–water partition coefficient (Wildman–Crippen LogP) is 18.4. The summed E-state index contributed by atoms with van der Waals surface area (Å²) in [5.74, 6) is 2.10. The molecule has 0 aliphatic heterocycles. The monoisotopic (exact) mass is 993 g/mol. The first-order valence-corrected chi connectivity index (χ1v) is 26.8. The quantitative estimate of drug-likeness (QED) is 0.152. The molecule has 0 amide bonds. The summed E-state index contributed by atoms with van der Waals surface area (Å²) in [5.41, 5.74) is 22.4. The minimum absolute atomic E-state index is 0.184. The van der Waals surface area contributed by atoms with Crippen LogP contribution in [0.15, 0.2) is 261 Å². The van der Waals surface area contributed by atoms with Gasteiger partial charge in [-0.05, 0) is 134 Å². The molecule has 0 spiro atoms. The molecule has 16 rings (SSSR count). The lowest BCUT2D eigenvalue weighted by Crippen LogP contribution is -2.07. The van der Waals surface area contributed by atoms with Gasteiger partial charge in [-0.25, -0.2) is 15.0 Å². The van der Waals surface area contributed by atoms with Crippen LogP contribution in [0.2, 0.25) is 0 Å². The third-order valence-electron chi connectivity index (χ3n) is 16.2. The Kier molecular flexibility index (Phi) is 10.0. The number of hydrogen-bond acceptors (Lipinski definition) is 3. The van der Waals surface area contributed by atoms with Crippen LogP contribution in [0.3, 0.4) is 0 Å². The van der Waals surface area contributed by atoms with Gasteiger partial charge in [0.1, 0.15) is 0 Å². The molecular weight excluding hydrogens is 947 g/mol. The van der Waals surface area contributed by atoms with E-state index in [1.54, 1.807) is 0 Å². The predicted molar refractivity (Wildman–Crippen MR) is 322 cm³/mol. The summed E-state index contributed by atoms with van der Waals surface area (Å²) in [6.45, 7) is 0. The van der Waals surface area contributed by atoms with Crippen LogP contribution in [0.5, 0.6) is 0 Å². The maximum absolute atomic E-state index is 5.08. The van der Waals surface area contributed by atoms with Crippen molar-refractivity contribution in [3.8, 4) is 90.0 Å². The molecule has 0 saturated heterocycles. The molecule has 5 nitrogen and oxygen atoms in total. The van der Waals surface area contributed by atoms with Crippen molar-refractivity contribution in [1.82, 2.24) is 24.1 Å². The summed E-state index contributed by atoms with van der Waals surface area (Å²) in [6, 6.07) is 92.0. The second-order valence-electron chi connectivity index (χ2n) is 20.7. The average molecular weight is 994 g/mol. The fourth-order valence-electron chi connectivity index (χ4n) is 12.7. The lowest BCUT2D eigenvalue weighted by Gasteiger charge is -2.20. The molecule has 5 heteroatoms. The molecule has 1 unspecified atom stereocenters. The maximum atomic E-state index is 5.08. The van der Waals surface area contributed by atoms with Gasteiger partial charge in [0.15, 0.2) is 17.5 Å². The molecular formula is C73H47N5. The van der Waals surface area contributed by atoms with Gasteiger partial charge in [-0.1, -0.05) is 206 Å². The third-order valence-corrected chi connectivity index (χ3v) is 16.2. The van der Waals surface area contributed by atoms with Crippen molar-refractivity contribution in [2.45, 2.75) is 12.3 Å². The van der Waals surface area contributed by atoms with Crippen molar-refractivity contribution < 1.29 is 0 Å². The van der Waals surface area contributed by atoms with E-state index in [2.05, 4.69) is 240 Å². The van der Waals surface area contributed by atoms with E-state index in [4.69, 9.17) is 15.0 Å². The van der Waals surface area contributed by atoms with E-state index in [0.717, 1.165) is 39.9 Å². The molecule has 0 N–H and O–H groups in total. The highest BCUT2D eigenvalue weighted by Crippen LogP contribution is 2.52. The van der Waals surface area contributed by atoms with Crippen molar-refractivity contribution in [1.29, 1.82) is 0 Å². The van der Waals surface area contributed by atoms with Gasteiger partial charge in [0.25, 0.3) is 0 Å². The Balaban J connectivity index is 0.835. The molecule has 1 atom stereocenters. The average Bonchev–Trinajstić information content (AvgIpc) is 4.06. The fraction of sp³-hybridized carbons (Fsp3) is 0.0274. The Morgan fingerprint density at radius 1 is 0.321 bits per heavy atom. The number of hydrogen-bond donors (Lipinski definition) is 0. The molecule has 0 fully saturated rings. The number of fused-ring (bicyclic) bond motifs is 10. The van der Waals surface area contributed by atoms with Crippen molar-refractivity contribution in [2.24, 2.45) is 0 Å².